The SMILES string of the molecule is CC(F)(F)C(=O)Nc1cccc(COc2nc3nnncc3n2-c2ccccc2)n1. The molecule has 0 aliphatic rings. The van der Waals surface area contributed by atoms with Crippen LogP contribution in [0, 0.1) is 0 Å². The van der Waals surface area contributed by atoms with Crippen LogP contribution >= 0.6 is 0 Å². The zero-order chi connectivity index (χ0) is 21.1. The Morgan fingerprint density at radius 2 is 1.93 bits per heavy atom. The summed E-state index contributed by atoms with van der Waals surface area (Å²) in [4.78, 5) is 19.9. The van der Waals surface area contributed by atoms with Gasteiger partial charge in [0.2, 0.25) is 5.65 Å². The Hall–Kier alpha value is -4.02. The van der Waals surface area contributed by atoms with E-state index in [0.29, 0.717) is 23.8 Å². The summed E-state index contributed by atoms with van der Waals surface area (Å²) in [5, 5.41) is 13.4. The second kappa shape index (κ2) is 7.78. The molecular weight excluding hydrogens is 396 g/mol. The number of halogens is 2. The first-order valence-electron chi connectivity index (χ1n) is 8.82. The maximum Gasteiger partial charge on any atom is 0.322 e. The summed E-state index contributed by atoms with van der Waals surface area (Å²) in [6.07, 6.45) is 1.52. The van der Waals surface area contributed by atoms with E-state index >= 15 is 0 Å². The average Bonchev–Trinajstić information content (AvgIpc) is 3.11. The number of benzene rings is 1. The summed E-state index contributed by atoms with van der Waals surface area (Å²) in [6.45, 7) is 0.490. The average molecular weight is 411 g/mol. The predicted octanol–water partition coefficient (Wildman–Crippen LogP) is 2.78. The van der Waals surface area contributed by atoms with Crippen LogP contribution in [0.4, 0.5) is 14.6 Å². The number of amides is 1. The number of hydrogen-bond donors (Lipinski definition) is 1. The minimum atomic E-state index is -3.51. The van der Waals surface area contributed by atoms with Gasteiger partial charge in [-0.1, -0.05) is 24.3 Å². The number of carbonyl (C=O) groups excluding carboxylic acids is 1. The van der Waals surface area contributed by atoms with Crippen LogP contribution in [-0.2, 0) is 11.4 Å². The van der Waals surface area contributed by atoms with Crippen molar-refractivity contribution < 1.29 is 18.3 Å². The molecular formula is C19H15F2N7O2. The van der Waals surface area contributed by atoms with Gasteiger partial charge in [-0.25, -0.2) is 4.98 Å². The van der Waals surface area contributed by atoms with E-state index in [1.807, 2.05) is 30.3 Å². The number of para-hydroxylation sites is 1. The van der Waals surface area contributed by atoms with Gasteiger partial charge in [-0.3, -0.25) is 9.36 Å². The standard InChI is InChI=1S/C19H15F2N7O2/c1-19(20,21)17(29)24-15-9-5-6-12(23-15)11-30-18-25-16-14(10-22-27-26-16)28(18)13-7-3-2-4-8-13/h2-10H,11H2,1H3,(H,23,24,29). The van der Waals surface area contributed by atoms with Crippen molar-refractivity contribution in [3.05, 3.63) is 60.4 Å². The first kappa shape index (κ1) is 19.3. The summed E-state index contributed by atoms with van der Waals surface area (Å²) in [5.41, 5.74) is 2.14. The van der Waals surface area contributed by atoms with Crippen LogP contribution in [0.15, 0.2) is 54.7 Å². The van der Waals surface area contributed by atoms with E-state index < -0.39 is 11.8 Å². The summed E-state index contributed by atoms with van der Waals surface area (Å²) < 4.78 is 33.7. The van der Waals surface area contributed by atoms with Crippen LogP contribution in [0.2, 0.25) is 0 Å². The molecule has 0 saturated heterocycles. The topological polar surface area (TPSA) is 108 Å². The van der Waals surface area contributed by atoms with E-state index in [2.05, 4.69) is 30.7 Å². The minimum absolute atomic E-state index is 0.00532. The van der Waals surface area contributed by atoms with Crippen LogP contribution in [0.25, 0.3) is 16.9 Å². The number of carbonyl (C=O) groups is 1. The summed E-state index contributed by atoms with van der Waals surface area (Å²) in [5.74, 6) is -4.96. The highest BCUT2D eigenvalue weighted by molar-refractivity contribution is 5.94. The van der Waals surface area contributed by atoms with Crippen LogP contribution in [0.1, 0.15) is 12.6 Å². The molecule has 30 heavy (non-hydrogen) atoms. The van der Waals surface area contributed by atoms with E-state index in [1.165, 1.54) is 12.3 Å². The van der Waals surface area contributed by atoms with Crippen molar-refractivity contribution in [3.8, 4) is 11.7 Å². The smallest absolute Gasteiger partial charge is 0.322 e. The lowest BCUT2D eigenvalue weighted by Gasteiger charge is -2.12. The quantitative estimate of drug-likeness (QED) is 0.520. The number of aromatic nitrogens is 6. The second-order valence-corrected chi connectivity index (χ2v) is 6.35. The number of hydrogen-bond acceptors (Lipinski definition) is 7. The Morgan fingerprint density at radius 1 is 1.13 bits per heavy atom. The molecule has 0 aliphatic heterocycles. The van der Waals surface area contributed by atoms with Gasteiger partial charge < -0.3 is 10.1 Å². The number of rotatable bonds is 6. The van der Waals surface area contributed by atoms with E-state index in [4.69, 9.17) is 4.74 Å². The van der Waals surface area contributed by atoms with Crippen molar-refractivity contribution in [2.75, 3.05) is 5.32 Å². The molecule has 0 aliphatic carbocycles. The van der Waals surface area contributed by atoms with Crippen LogP contribution in [0.3, 0.4) is 0 Å². The number of pyridine rings is 1. The van der Waals surface area contributed by atoms with E-state index in [-0.39, 0.29) is 18.4 Å². The molecule has 1 N–H and O–H groups in total. The molecule has 152 valence electrons. The number of alkyl halides is 2. The van der Waals surface area contributed by atoms with Crippen LogP contribution in [0.5, 0.6) is 6.01 Å². The normalized spacial score (nSPS) is 11.4. The Kier molecular flexibility index (Phi) is 5.00. The third-order valence-corrected chi connectivity index (χ3v) is 4.04. The monoisotopic (exact) mass is 411 g/mol. The van der Waals surface area contributed by atoms with E-state index in [0.717, 1.165) is 5.69 Å². The van der Waals surface area contributed by atoms with Crippen LogP contribution < -0.4 is 10.1 Å². The highest BCUT2D eigenvalue weighted by Crippen LogP contribution is 2.25. The fraction of sp³-hybridized carbons (Fsp3) is 0.158. The molecule has 0 atom stereocenters. The van der Waals surface area contributed by atoms with Crippen molar-refractivity contribution in [1.82, 2.24) is 29.9 Å². The number of fused-ring (bicyclic) bond motifs is 1. The van der Waals surface area contributed by atoms with Gasteiger partial charge in [0.1, 0.15) is 17.9 Å². The van der Waals surface area contributed by atoms with Gasteiger partial charge in [0.15, 0.2) is 0 Å². The predicted molar refractivity (Wildman–Crippen MR) is 102 cm³/mol. The molecule has 3 heterocycles. The van der Waals surface area contributed by atoms with Crippen LogP contribution in [-0.4, -0.2) is 41.8 Å². The summed E-state index contributed by atoms with van der Waals surface area (Å²) in [7, 11) is 0. The molecule has 9 nitrogen and oxygen atoms in total. The summed E-state index contributed by atoms with van der Waals surface area (Å²) >= 11 is 0. The molecule has 0 spiro atoms. The number of nitrogens with one attached hydrogen (secondary N) is 1. The maximum atomic E-state index is 13.1. The van der Waals surface area contributed by atoms with Gasteiger partial charge >= 0.3 is 11.9 Å². The first-order valence-corrected chi connectivity index (χ1v) is 8.82. The largest absolute Gasteiger partial charge is 0.458 e. The number of ether oxygens (including phenoxy) is 1. The van der Waals surface area contributed by atoms with Gasteiger partial charge in [-0.05, 0) is 29.5 Å². The minimum Gasteiger partial charge on any atom is -0.458 e. The zero-order valence-electron chi connectivity index (χ0n) is 15.7. The Bertz CT molecular complexity index is 1190. The van der Waals surface area contributed by atoms with Gasteiger partial charge in [-0.2, -0.15) is 13.8 Å². The van der Waals surface area contributed by atoms with Gasteiger partial charge in [0.25, 0.3) is 5.91 Å². The molecule has 4 aromatic rings. The highest BCUT2D eigenvalue weighted by Gasteiger charge is 2.32. The lowest BCUT2D eigenvalue weighted by atomic mass is 10.3. The molecule has 1 aromatic carbocycles. The maximum absolute atomic E-state index is 13.1. The van der Waals surface area contributed by atoms with Gasteiger partial charge in [0, 0.05) is 6.92 Å². The molecule has 4 rings (SSSR count). The Balaban J connectivity index is 1.59. The van der Waals surface area contributed by atoms with Crippen molar-refractivity contribution in [2.45, 2.75) is 19.5 Å². The van der Waals surface area contributed by atoms with Crippen molar-refractivity contribution >= 4 is 22.9 Å². The van der Waals surface area contributed by atoms with Crippen molar-refractivity contribution in [1.29, 1.82) is 0 Å². The molecule has 0 radical (unpaired) electrons. The molecule has 0 bridgehead atoms. The molecule has 3 aromatic heterocycles. The Morgan fingerprint density at radius 3 is 2.70 bits per heavy atom. The van der Waals surface area contributed by atoms with Crippen molar-refractivity contribution in [3.63, 3.8) is 0 Å². The Labute approximate surface area is 168 Å². The number of imidazole rings is 1. The fourth-order valence-corrected chi connectivity index (χ4v) is 2.66. The fourth-order valence-electron chi connectivity index (χ4n) is 2.66. The first-order chi connectivity index (χ1) is 14.4. The lowest BCUT2D eigenvalue weighted by molar-refractivity contribution is -0.137. The lowest BCUT2D eigenvalue weighted by Crippen LogP contribution is -2.31. The molecule has 11 heteroatoms. The van der Waals surface area contributed by atoms with Gasteiger partial charge in [-0.15, -0.1) is 10.2 Å². The zero-order valence-corrected chi connectivity index (χ0v) is 15.7. The van der Waals surface area contributed by atoms with E-state index in [1.54, 1.807) is 16.7 Å². The third-order valence-electron chi connectivity index (χ3n) is 4.04. The van der Waals surface area contributed by atoms with E-state index in [9.17, 15) is 13.6 Å². The second-order valence-electron chi connectivity index (χ2n) is 6.35. The molecule has 0 fully saturated rings. The summed E-state index contributed by atoms with van der Waals surface area (Å²) in [6, 6.07) is 14.2. The van der Waals surface area contributed by atoms with Crippen molar-refractivity contribution in [2.24, 2.45) is 0 Å². The highest BCUT2D eigenvalue weighted by atomic mass is 19.3. The third kappa shape index (κ3) is 4.04. The number of anilines is 1. The number of nitrogens with zero attached hydrogens (tertiary/aromatic N) is 6. The molecule has 0 unspecified atom stereocenters. The van der Waals surface area contributed by atoms with Gasteiger partial charge in [0.05, 0.1) is 17.6 Å². The molecule has 0 saturated carbocycles. The molecule has 1 amide bonds.